The van der Waals surface area contributed by atoms with Gasteiger partial charge in [-0.1, -0.05) is 26.0 Å². The first-order valence-corrected chi connectivity index (χ1v) is 8.77. The van der Waals surface area contributed by atoms with Crippen LogP contribution in [0.5, 0.6) is 0 Å². The molecule has 2 rings (SSSR count). The SMILES string of the molecule is CCN1CCN(c2ccccc2NC(=O)NC(C)(CC)CO)CC1. The van der Waals surface area contributed by atoms with Gasteiger partial charge < -0.3 is 25.5 Å². The van der Waals surface area contributed by atoms with E-state index in [-0.39, 0.29) is 12.6 Å². The maximum Gasteiger partial charge on any atom is 0.319 e. The Hall–Kier alpha value is -1.79. The highest BCUT2D eigenvalue weighted by Gasteiger charge is 2.24. The molecule has 24 heavy (non-hydrogen) atoms. The number of likely N-dealkylation sites (N-methyl/N-ethyl adjacent to an activating group) is 1. The van der Waals surface area contributed by atoms with Gasteiger partial charge in [0.2, 0.25) is 0 Å². The Kier molecular flexibility index (Phi) is 6.45. The summed E-state index contributed by atoms with van der Waals surface area (Å²) in [5.41, 5.74) is 1.24. The molecule has 1 aliphatic rings. The quantitative estimate of drug-likeness (QED) is 0.745. The zero-order valence-electron chi connectivity index (χ0n) is 15.0. The molecule has 1 aromatic rings. The van der Waals surface area contributed by atoms with Crippen LogP contribution in [0.1, 0.15) is 27.2 Å². The fourth-order valence-corrected chi connectivity index (χ4v) is 2.83. The van der Waals surface area contributed by atoms with E-state index >= 15 is 0 Å². The number of hydrogen-bond acceptors (Lipinski definition) is 4. The molecule has 1 heterocycles. The molecule has 1 saturated heterocycles. The van der Waals surface area contributed by atoms with Crippen LogP contribution in [0.4, 0.5) is 16.2 Å². The number of aliphatic hydroxyl groups excluding tert-OH is 1. The molecule has 0 spiro atoms. The summed E-state index contributed by atoms with van der Waals surface area (Å²) < 4.78 is 0. The van der Waals surface area contributed by atoms with Crippen molar-refractivity contribution in [3.05, 3.63) is 24.3 Å². The Bertz CT molecular complexity index is 538. The molecule has 3 N–H and O–H groups in total. The van der Waals surface area contributed by atoms with Crippen LogP contribution in [0.3, 0.4) is 0 Å². The van der Waals surface area contributed by atoms with Gasteiger partial charge in [-0.05, 0) is 32.0 Å². The lowest BCUT2D eigenvalue weighted by molar-refractivity contribution is 0.172. The van der Waals surface area contributed by atoms with E-state index in [0.717, 1.165) is 44.1 Å². The summed E-state index contributed by atoms with van der Waals surface area (Å²) in [6, 6.07) is 7.60. The fraction of sp³-hybridized carbons (Fsp3) is 0.611. The second kappa shape index (κ2) is 8.35. The smallest absolute Gasteiger partial charge is 0.319 e. The van der Waals surface area contributed by atoms with Crippen molar-refractivity contribution in [3.63, 3.8) is 0 Å². The predicted molar refractivity (Wildman–Crippen MR) is 98.7 cm³/mol. The number of para-hydroxylation sites is 2. The maximum absolute atomic E-state index is 12.3. The predicted octanol–water partition coefficient (Wildman–Crippen LogP) is 2.11. The van der Waals surface area contributed by atoms with Gasteiger partial charge in [-0.25, -0.2) is 4.79 Å². The van der Waals surface area contributed by atoms with Crippen LogP contribution in [0.25, 0.3) is 0 Å². The number of amides is 2. The number of hydrogen-bond donors (Lipinski definition) is 3. The van der Waals surface area contributed by atoms with Crippen molar-refractivity contribution >= 4 is 17.4 Å². The molecule has 6 nitrogen and oxygen atoms in total. The third kappa shape index (κ3) is 4.61. The lowest BCUT2D eigenvalue weighted by atomic mass is 10.0. The molecule has 1 fully saturated rings. The second-order valence-electron chi connectivity index (χ2n) is 6.59. The van der Waals surface area contributed by atoms with E-state index in [9.17, 15) is 9.90 Å². The molecule has 134 valence electrons. The van der Waals surface area contributed by atoms with Gasteiger partial charge in [0.05, 0.1) is 23.5 Å². The number of rotatable bonds is 6. The van der Waals surface area contributed by atoms with Crippen LogP contribution in [0.15, 0.2) is 24.3 Å². The van der Waals surface area contributed by atoms with Crippen LogP contribution >= 0.6 is 0 Å². The van der Waals surface area contributed by atoms with E-state index in [1.54, 1.807) is 0 Å². The van der Waals surface area contributed by atoms with Crippen LogP contribution < -0.4 is 15.5 Å². The number of nitrogens with zero attached hydrogens (tertiary/aromatic N) is 2. The first kappa shape index (κ1) is 18.5. The average molecular weight is 334 g/mol. The number of piperazine rings is 1. The minimum atomic E-state index is -0.605. The van der Waals surface area contributed by atoms with Crippen molar-refractivity contribution in [2.75, 3.05) is 49.5 Å². The normalized spacial score (nSPS) is 18.1. The summed E-state index contributed by atoms with van der Waals surface area (Å²) in [4.78, 5) is 17.1. The molecule has 0 aromatic heterocycles. The summed E-state index contributed by atoms with van der Waals surface area (Å²) >= 11 is 0. The molecule has 0 radical (unpaired) electrons. The highest BCUT2D eigenvalue weighted by molar-refractivity contribution is 5.93. The summed E-state index contributed by atoms with van der Waals surface area (Å²) in [6.07, 6.45) is 0.664. The third-order valence-corrected chi connectivity index (χ3v) is 4.86. The van der Waals surface area contributed by atoms with E-state index in [2.05, 4.69) is 27.4 Å². The molecule has 0 bridgehead atoms. The Balaban J connectivity index is 2.05. The minimum absolute atomic E-state index is 0.0858. The zero-order valence-corrected chi connectivity index (χ0v) is 15.0. The largest absolute Gasteiger partial charge is 0.394 e. The topological polar surface area (TPSA) is 67.8 Å². The standard InChI is InChI=1S/C18H30N4O2/c1-4-18(3,14-23)20-17(24)19-15-8-6-7-9-16(15)22-12-10-21(5-2)11-13-22/h6-9,23H,4-5,10-14H2,1-3H3,(H2,19,20,24). The van der Waals surface area contributed by atoms with Gasteiger partial charge in [0.1, 0.15) is 0 Å². The van der Waals surface area contributed by atoms with Crippen molar-refractivity contribution in [1.29, 1.82) is 0 Å². The minimum Gasteiger partial charge on any atom is -0.394 e. The summed E-state index contributed by atoms with van der Waals surface area (Å²) in [7, 11) is 0. The number of anilines is 2. The van der Waals surface area contributed by atoms with Crippen molar-refractivity contribution < 1.29 is 9.90 Å². The molecule has 6 heteroatoms. The monoisotopic (exact) mass is 334 g/mol. The maximum atomic E-state index is 12.3. The number of carbonyl (C=O) groups excluding carboxylic acids is 1. The molecule has 1 aliphatic heterocycles. The van der Waals surface area contributed by atoms with E-state index in [0.29, 0.717) is 6.42 Å². The van der Waals surface area contributed by atoms with Gasteiger partial charge in [-0.2, -0.15) is 0 Å². The Morgan fingerprint density at radius 3 is 2.46 bits per heavy atom. The van der Waals surface area contributed by atoms with E-state index in [4.69, 9.17) is 0 Å². The van der Waals surface area contributed by atoms with Gasteiger partial charge in [-0.3, -0.25) is 0 Å². The molecular formula is C18H30N4O2. The van der Waals surface area contributed by atoms with Crippen LogP contribution in [-0.4, -0.2) is 60.9 Å². The number of nitrogens with one attached hydrogen (secondary N) is 2. The summed E-state index contributed by atoms with van der Waals surface area (Å²) in [5, 5.41) is 15.3. The molecule has 0 saturated carbocycles. The molecule has 1 aromatic carbocycles. The van der Waals surface area contributed by atoms with Crippen molar-refractivity contribution in [3.8, 4) is 0 Å². The van der Waals surface area contributed by atoms with E-state index < -0.39 is 5.54 Å². The fourth-order valence-electron chi connectivity index (χ4n) is 2.83. The summed E-state index contributed by atoms with van der Waals surface area (Å²) in [5.74, 6) is 0. The zero-order chi connectivity index (χ0) is 17.6. The average Bonchev–Trinajstić information content (AvgIpc) is 2.62. The lowest BCUT2D eigenvalue weighted by Crippen LogP contribution is -2.50. The molecular weight excluding hydrogens is 304 g/mol. The summed E-state index contributed by atoms with van der Waals surface area (Å²) in [6.45, 7) is 10.9. The van der Waals surface area contributed by atoms with Gasteiger partial charge in [0.25, 0.3) is 0 Å². The van der Waals surface area contributed by atoms with Gasteiger partial charge >= 0.3 is 6.03 Å². The number of carbonyl (C=O) groups is 1. The van der Waals surface area contributed by atoms with E-state index in [1.165, 1.54) is 0 Å². The van der Waals surface area contributed by atoms with Crippen molar-refractivity contribution in [1.82, 2.24) is 10.2 Å². The molecule has 1 unspecified atom stereocenters. The van der Waals surface area contributed by atoms with Crippen molar-refractivity contribution in [2.24, 2.45) is 0 Å². The lowest BCUT2D eigenvalue weighted by Gasteiger charge is -2.36. The van der Waals surface area contributed by atoms with Gasteiger partial charge in [0, 0.05) is 26.2 Å². The van der Waals surface area contributed by atoms with Crippen molar-refractivity contribution in [2.45, 2.75) is 32.7 Å². The first-order chi connectivity index (χ1) is 11.5. The highest BCUT2D eigenvalue weighted by atomic mass is 16.3. The number of urea groups is 1. The van der Waals surface area contributed by atoms with Crippen LogP contribution in [-0.2, 0) is 0 Å². The van der Waals surface area contributed by atoms with Crippen LogP contribution in [0, 0.1) is 0 Å². The Morgan fingerprint density at radius 1 is 1.21 bits per heavy atom. The highest BCUT2D eigenvalue weighted by Crippen LogP contribution is 2.26. The third-order valence-electron chi connectivity index (χ3n) is 4.86. The van der Waals surface area contributed by atoms with Crippen LogP contribution in [0.2, 0.25) is 0 Å². The Labute approximate surface area is 144 Å². The molecule has 2 amide bonds. The Morgan fingerprint density at radius 2 is 1.88 bits per heavy atom. The number of aliphatic hydroxyl groups is 1. The second-order valence-corrected chi connectivity index (χ2v) is 6.59. The van der Waals surface area contributed by atoms with Gasteiger partial charge in [-0.15, -0.1) is 0 Å². The number of benzene rings is 1. The van der Waals surface area contributed by atoms with E-state index in [1.807, 2.05) is 38.1 Å². The molecule has 0 aliphatic carbocycles. The molecule has 1 atom stereocenters. The van der Waals surface area contributed by atoms with Gasteiger partial charge in [0.15, 0.2) is 0 Å². The first-order valence-electron chi connectivity index (χ1n) is 8.77.